The number of primary amides is 1. The molecule has 1 saturated heterocycles. The maximum atomic E-state index is 11.3. The second-order valence-electron chi connectivity index (χ2n) is 5.19. The van der Waals surface area contributed by atoms with Gasteiger partial charge in [0.1, 0.15) is 0 Å². The van der Waals surface area contributed by atoms with Gasteiger partial charge in [0.2, 0.25) is 5.91 Å². The minimum Gasteiger partial charge on any atom is -0.369 e. The Labute approximate surface area is 103 Å². The van der Waals surface area contributed by atoms with Crippen molar-refractivity contribution < 1.29 is 4.79 Å². The summed E-state index contributed by atoms with van der Waals surface area (Å²) in [5, 5.41) is 0. The molecular weight excluding hydrogens is 212 g/mol. The summed E-state index contributed by atoms with van der Waals surface area (Å²) >= 11 is 0. The molecule has 1 aliphatic rings. The lowest BCUT2D eigenvalue weighted by Crippen LogP contribution is -2.45. The average Bonchev–Trinajstić information content (AvgIpc) is 2.33. The van der Waals surface area contributed by atoms with E-state index in [1.54, 1.807) is 0 Å². The van der Waals surface area contributed by atoms with E-state index in [0.29, 0.717) is 0 Å². The summed E-state index contributed by atoms with van der Waals surface area (Å²) in [6.45, 7) is 4.85. The topological polar surface area (TPSA) is 46.3 Å². The largest absolute Gasteiger partial charge is 0.369 e. The number of nitrogens with two attached hydrogens (primary N) is 1. The van der Waals surface area contributed by atoms with Crippen LogP contribution in [0.2, 0.25) is 0 Å². The zero-order valence-electron chi connectivity index (χ0n) is 10.4. The van der Waals surface area contributed by atoms with Gasteiger partial charge in [0.25, 0.3) is 0 Å². The summed E-state index contributed by atoms with van der Waals surface area (Å²) in [4.78, 5) is 13.7. The molecule has 0 spiro atoms. The quantitative estimate of drug-likeness (QED) is 0.863. The smallest absolute Gasteiger partial charge is 0.223 e. The van der Waals surface area contributed by atoms with Crippen LogP contribution >= 0.6 is 0 Å². The SMILES string of the molecule is CC1(C(N)=O)CCN(Cc2ccccc2)CC1. The number of hydrogen-bond donors (Lipinski definition) is 1. The molecule has 1 fully saturated rings. The van der Waals surface area contributed by atoms with E-state index < -0.39 is 0 Å². The van der Waals surface area contributed by atoms with Gasteiger partial charge in [-0.25, -0.2) is 0 Å². The number of nitrogens with zero attached hydrogens (tertiary/aromatic N) is 1. The number of piperidine rings is 1. The van der Waals surface area contributed by atoms with E-state index in [-0.39, 0.29) is 11.3 Å². The minimum atomic E-state index is -0.298. The summed E-state index contributed by atoms with van der Waals surface area (Å²) in [5.41, 5.74) is 6.47. The van der Waals surface area contributed by atoms with Gasteiger partial charge in [0.15, 0.2) is 0 Å². The monoisotopic (exact) mass is 232 g/mol. The zero-order chi connectivity index (χ0) is 12.3. The Morgan fingerprint density at radius 2 is 1.88 bits per heavy atom. The minimum absolute atomic E-state index is 0.156. The summed E-state index contributed by atoms with van der Waals surface area (Å²) in [7, 11) is 0. The fourth-order valence-corrected chi connectivity index (χ4v) is 2.29. The Kier molecular flexibility index (Phi) is 3.48. The highest BCUT2D eigenvalue weighted by molar-refractivity contribution is 5.80. The maximum Gasteiger partial charge on any atom is 0.223 e. The molecule has 0 unspecified atom stereocenters. The molecule has 0 radical (unpaired) electrons. The fraction of sp³-hybridized carbons (Fsp3) is 0.500. The summed E-state index contributed by atoms with van der Waals surface area (Å²) in [5.74, 6) is -0.156. The van der Waals surface area contributed by atoms with Crippen molar-refractivity contribution in [2.24, 2.45) is 11.1 Å². The standard InChI is InChI=1S/C14H20N2O/c1-14(13(15)17)7-9-16(10-8-14)11-12-5-3-2-4-6-12/h2-6H,7-11H2,1H3,(H2,15,17). The van der Waals surface area contributed by atoms with Crippen molar-refractivity contribution in [3.05, 3.63) is 35.9 Å². The van der Waals surface area contributed by atoms with Crippen molar-refractivity contribution >= 4 is 5.91 Å². The first-order valence-corrected chi connectivity index (χ1v) is 6.16. The van der Waals surface area contributed by atoms with Crippen LogP contribution < -0.4 is 5.73 Å². The van der Waals surface area contributed by atoms with Gasteiger partial charge in [-0.1, -0.05) is 37.3 Å². The van der Waals surface area contributed by atoms with Crippen LogP contribution in [0.5, 0.6) is 0 Å². The molecule has 1 amide bonds. The molecule has 0 saturated carbocycles. The Bertz CT molecular complexity index is 380. The van der Waals surface area contributed by atoms with Crippen molar-refractivity contribution in [3.8, 4) is 0 Å². The first kappa shape index (κ1) is 12.1. The summed E-state index contributed by atoms with van der Waals surface area (Å²) in [6.07, 6.45) is 1.74. The zero-order valence-corrected chi connectivity index (χ0v) is 10.4. The van der Waals surface area contributed by atoms with E-state index in [0.717, 1.165) is 32.5 Å². The van der Waals surface area contributed by atoms with Crippen LogP contribution in [-0.4, -0.2) is 23.9 Å². The Morgan fingerprint density at radius 1 is 1.29 bits per heavy atom. The van der Waals surface area contributed by atoms with E-state index in [9.17, 15) is 4.79 Å². The molecule has 2 rings (SSSR count). The van der Waals surface area contributed by atoms with E-state index in [2.05, 4.69) is 29.2 Å². The predicted molar refractivity (Wildman–Crippen MR) is 68.3 cm³/mol. The van der Waals surface area contributed by atoms with Crippen LogP contribution in [0.3, 0.4) is 0 Å². The highest BCUT2D eigenvalue weighted by Crippen LogP contribution is 2.30. The van der Waals surface area contributed by atoms with Gasteiger partial charge in [-0.15, -0.1) is 0 Å². The van der Waals surface area contributed by atoms with Crippen LogP contribution in [0.25, 0.3) is 0 Å². The van der Waals surface area contributed by atoms with Gasteiger partial charge in [-0.2, -0.15) is 0 Å². The number of carbonyl (C=O) groups is 1. The highest BCUT2D eigenvalue weighted by atomic mass is 16.1. The lowest BCUT2D eigenvalue weighted by molar-refractivity contribution is -0.129. The summed E-state index contributed by atoms with van der Waals surface area (Å²) < 4.78 is 0. The molecule has 1 aromatic rings. The maximum absolute atomic E-state index is 11.3. The molecule has 0 aliphatic carbocycles. The van der Waals surface area contributed by atoms with Gasteiger partial charge in [-0.3, -0.25) is 9.69 Å². The number of carbonyl (C=O) groups excluding carboxylic acids is 1. The molecule has 0 bridgehead atoms. The van der Waals surface area contributed by atoms with E-state index in [1.165, 1.54) is 5.56 Å². The molecule has 0 aromatic heterocycles. The Hall–Kier alpha value is -1.35. The molecule has 3 heteroatoms. The fourth-order valence-electron chi connectivity index (χ4n) is 2.29. The third-order valence-corrected chi connectivity index (χ3v) is 3.80. The third-order valence-electron chi connectivity index (χ3n) is 3.80. The number of amides is 1. The molecule has 1 aromatic carbocycles. The van der Waals surface area contributed by atoms with E-state index >= 15 is 0 Å². The van der Waals surface area contributed by atoms with Crippen LogP contribution in [0.4, 0.5) is 0 Å². The highest BCUT2D eigenvalue weighted by Gasteiger charge is 2.34. The predicted octanol–water partition coefficient (Wildman–Crippen LogP) is 1.77. The number of benzene rings is 1. The Morgan fingerprint density at radius 3 is 2.41 bits per heavy atom. The normalized spacial score (nSPS) is 20.1. The van der Waals surface area contributed by atoms with Crippen molar-refractivity contribution in [1.29, 1.82) is 0 Å². The molecule has 92 valence electrons. The van der Waals surface area contributed by atoms with Crippen LogP contribution in [-0.2, 0) is 11.3 Å². The lowest BCUT2D eigenvalue weighted by Gasteiger charge is -2.37. The van der Waals surface area contributed by atoms with Crippen molar-refractivity contribution in [1.82, 2.24) is 4.90 Å². The molecule has 0 atom stereocenters. The van der Waals surface area contributed by atoms with Gasteiger partial charge < -0.3 is 5.73 Å². The summed E-state index contributed by atoms with van der Waals surface area (Å²) in [6, 6.07) is 10.4. The van der Waals surface area contributed by atoms with E-state index in [1.807, 2.05) is 13.0 Å². The van der Waals surface area contributed by atoms with Crippen molar-refractivity contribution in [2.45, 2.75) is 26.3 Å². The number of hydrogen-bond acceptors (Lipinski definition) is 2. The van der Waals surface area contributed by atoms with Gasteiger partial charge in [-0.05, 0) is 31.5 Å². The lowest BCUT2D eigenvalue weighted by atomic mass is 9.80. The van der Waals surface area contributed by atoms with Crippen LogP contribution in [0.1, 0.15) is 25.3 Å². The van der Waals surface area contributed by atoms with Gasteiger partial charge in [0, 0.05) is 12.0 Å². The molecule has 17 heavy (non-hydrogen) atoms. The second kappa shape index (κ2) is 4.88. The van der Waals surface area contributed by atoms with Gasteiger partial charge in [0.05, 0.1) is 0 Å². The first-order valence-electron chi connectivity index (χ1n) is 6.16. The first-order chi connectivity index (χ1) is 8.10. The van der Waals surface area contributed by atoms with E-state index in [4.69, 9.17) is 5.73 Å². The third kappa shape index (κ3) is 2.86. The van der Waals surface area contributed by atoms with Crippen molar-refractivity contribution in [3.63, 3.8) is 0 Å². The number of rotatable bonds is 3. The Balaban J connectivity index is 1.90. The second-order valence-corrected chi connectivity index (χ2v) is 5.19. The van der Waals surface area contributed by atoms with Gasteiger partial charge >= 0.3 is 0 Å². The van der Waals surface area contributed by atoms with Crippen LogP contribution in [0.15, 0.2) is 30.3 Å². The average molecular weight is 232 g/mol. The van der Waals surface area contributed by atoms with Crippen LogP contribution in [0, 0.1) is 5.41 Å². The molecule has 1 aliphatic heterocycles. The number of likely N-dealkylation sites (tertiary alicyclic amines) is 1. The molecule has 2 N–H and O–H groups in total. The van der Waals surface area contributed by atoms with Crippen molar-refractivity contribution in [2.75, 3.05) is 13.1 Å². The molecular formula is C14H20N2O. The molecule has 1 heterocycles. The molecule has 3 nitrogen and oxygen atoms in total.